The summed E-state index contributed by atoms with van der Waals surface area (Å²) in [7, 11) is 0. The summed E-state index contributed by atoms with van der Waals surface area (Å²) < 4.78 is 0. The molecular formula is C35H34O. The number of aliphatic hydroxyl groups is 1. The van der Waals surface area contributed by atoms with Crippen LogP contribution in [0.4, 0.5) is 0 Å². The van der Waals surface area contributed by atoms with Crippen LogP contribution in [0, 0.1) is 12.8 Å². The van der Waals surface area contributed by atoms with Gasteiger partial charge in [-0.25, -0.2) is 0 Å². The molecule has 1 aliphatic rings. The Morgan fingerprint density at radius 2 is 1.42 bits per heavy atom. The Morgan fingerprint density at radius 1 is 0.833 bits per heavy atom. The minimum atomic E-state index is -0.605. The number of hydrogen-bond acceptors (Lipinski definition) is 1. The maximum absolute atomic E-state index is 10.8. The number of allylic oxidation sites excluding steroid dienone is 5. The zero-order valence-corrected chi connectivity index (χ0v) is 21.5. The van der Waals surface area contributed by atoms with Gasteiger partial charge in [-0.05, 0) is 70.4 Å². The Balaban J connectivity index is 1.72. The van der Waals surface area contributed by atoms with Gasteiger partial charge >= 0.3 is 0 Å². The Bertz CT molecular complexity index is 1390. The van der Waals surface area contributed by atoms with Crippen molar-refractivity contribution in [2.75, 3.05) is 0 Å². The van der Waals surface area contributed by atoms with Crippen molar-refractivity contribution >= 4 is 5.57 Å². The average molecular weight is 471 g/mol. The van der Waals surface area contributed by atoms with E-state index in [0.29, 0.717) is 6.42 Å². The van der Waals surface area contributed by atoms with Crippen LogP contribution in [0.3, 0.4) is 0 Å². The van der Waals surface area contributed by atoms with Crippen molar-refractivity contribution in [1.29, 1.82) is 0 Å². The van der Waals surface area contributed by atoms with Gasteiger partial charge in [0.05, 0.1) is 6.10 Å². The molecule has 0 spiro atoms. The molecule has 0 aliphatic heterocycles. The number of hydrogen-bond donors (Lipinski definition) is 1. The molecular weight excluding hydrogens is 436 g/mol. The predicted octanol–water partition coefficient (Wildman–Crippen LogP) is 8.67. The van der Waals surface area contributed by atoms with Gasteiger partial charge in [-0.3, -0.25) is 0 Å². The molecule has 3 aromatic rings. The van der Waals surface area contributed by atoms with E-state index in [4.69, 9.17) is 0 Å². The van der Waals surface area contributed by atoms with E-state index < -0.39 is 6.10 Å². The van der Waals surface area contributed by atoms with Gasteiger partial charge in [0.2, 0.25) is 0 Å². The molecule has 3 aromatic carbocycles. The van der Waals surface area contributed by atoms with Crippen molar-refractivity contribution in [3.8, 4) is 0 Å². The molecule has 0 fully saturated rings. The van der Waals surface area contributed by atoms with Crippen LogP contribution < -0.4 is 0 Å². The first-order valence-electron chi connectivity index (χ1n) is 12.5. The Morgan fingerprint density at radius 3 is 2.06 bits per heavy atom. The fourth-order valence-electron chi connectivity index (χ4n) is 5.12. The summed E-state index contributed by atoms with van der Waals surface area (Å²) in [6.45, 7) is 15.5. The molecule has 4 rings (SSSR count). The number of aliphatic hydroxyl groups excluding tert-OH is 1. The second-order valence-corrected chi connectivity index (χ2v) is 9.62. The third kappa shape index (κ3) is 5.35. The minimum absolute atomic E-state index is 0.0107. The molecule has 0 saturated carbocycles. The van der Waals surface area contributed by atoms with Gasteiger partial charge < -0.3 is 5.11 Å². The normalized spacial score (nSPS) is 15.3. The second-order valence-electron chi connectivity index (χ2n) is 9.62. The van der Waals surface area contributed by atoms with Crippen molar-refractivity contribution < 1.29 is 5.11 Å². The molecule has 1 nitrogen and oxygen atoms in total. The second kappa shape index (κ2) is 11.3. The maximum atomic E-state index is 10.8. The summed E-state index contributed by atoms with van der Waals surface area (Å²) in [5.41, 5.74) is 16.4. The number of benzene rings is 3. The van der Waals surface area contributed by atoms with Crippen LogP contribution in [0.1, 0.15) is 54.5 Å². The zero-order valence-electron chi connectivity index (χ0n) is 21.5. The Labute approximate surface area is 215 Å². The smallest absolute Gasteiger partial charge is 0.0830 e. The lowest BCUT2D eigenvalue weighted by molar-refractivity contribution is 0.179. The molecule has 1 aliphatic carbocycles. The average Bonchev–Trinajstić information content (AvgIpc) is 2.90. The lowest BCUT2D eigenvalue weighted by Gasteiger charge is -2.31. The van der Waals surface area contributed by atoms with Crippen molar-refractivity contribution in [3.05, 3.63) is 160 Å². The van der Waals surface area contributed by atoms with E-state index in [2.05, 4.69) is 100.0 Å². The summed E-state index contributed by atoms with van der Waals surface area (Å²) in [5, 5.41) is 10.8. The summed E-state index contributed by atoms with van der Waals surface area (Å²) >= 11 is 0. The van der Waals surface area contributed by atoms with Gasteiger partial charge in [0.15, 0.2) is 0 Å². The third-order valence-electron chi connectivity index (χ3n) is 7.24. The summed E-state index contributed by atoms with van der Waals surface area (Å²) in [6, 6.07) is 28.8. The molecule has 0 radical (unpaired) electrons. The van der Waals surface area contributed by atoms with Gasteiger partial charge in [-0.15, -0.1) is 0 Å². The number of rotatable bonds is 9. The fraction of sp³-hybridized carbons (Fsp3) is 0.200. The van der Waals surface area contributed by atoms with Crippen molar-refractivity contribution in [2.24, 2.45) is 5.92 Å². The van der Waals surface area contributed by atoms with Crippen molar-refractivity contribution in [2.45, 2.75) is 39.2 Å². The van der Waals surface area contributed by atoms with E-state index in [-0.39, 0.29) is 11.8 Å². The summed E-state index contributed by atoms with van der Waals surface area (Å²) in [5.74, 6) is 0.191. The first-order chi connectivity index (χ1) is 17.4. The van der Waals surface area contributed by atoms with E-state index in [9.17, 15) is 5.11 Å². The van der Waals surface area contributed by atoms with Crippen LogP contribution in [0.25, 0.3) is 5.57 Å². The highest BCUT2D eigenvalue weighted by Crippen LogP contribution is 2.44. The van der Waals surface area contributed by atoms with E-state index in [1.54, 1.807) is 0 Å². The van der Waals surface area contributed by atoms with E-state index in [0.717, 1.165) is 33.4 Å². The molecule has 36 heavy (non-hydrogen) atoms. The highest BCUT2D eigenvalue weighted by molar-refractivity contribution is 5.73. The molecule has 180 valence electrons. The van der Waals surface area contributed by atoms with Crippen molar-refractivity contribution in [3.63, 3.8) is 0 Å². The van der Waals surface area contributed by atoms with Crippen LogP contribution in [0.2, 0.25) is 0 Å². The lowest BCUT2D eigenvalue weighted by Crippen LogP contribution is -2.17. The molecule has 0 bridgehead atoms. The molecule has 0 amide bonds. The topological polar surface area (TPSA) is 20.2 Å². The quantitative estimate of drug-likeness (QED) is 0.310. The third-order valence-corrected chi connectivity index (χ3v) is 7.24. The molecule has 0 saturated heterocycles. The van der Waals surface area contributed by atoms with Crippen molar-refractivity contribution in [1.82, 2.24) is 0 Å². The molecule has 0 heterocycles. The van der Waals surface area contributed by atoms with Gasteiger partial charge in [-0.1, -0.05) is 116 Å². The van der Waals surface area contributed by atoms with Gasteiger partial charge in [-0.2, -0.15) is 0 Å². The van der Waals surface area contributed by atoms with Crippen LogP contribution in [-0.2, 0) is 0 Å². The minimum Gasteiger partial charge on any atom is -0.388 e. The lowest BCUT2D eigenvalue weighted by atomic mass is 9.72. The monoisotopic (exact) mass is 470 g/mol. The van der Waals surface area contributed by atoms with Crippen LogP contribution in [0.5, 0.6) is 0 Å². The largest absolute Gasteiger partial charge is 0.388 e. The first-order valence-corrected chi connectivity index (χ1v) is 12.5. The molecule has 3 unspecified atom stereocenters. The molecule has 3 atom stereocenters. The van der Waals surface area contributed by atoms with Crippen LogP contribution in [0.15, 0.2) is 138 Å². The highest BCUT2D eigenvalue weighted by Gasteiger charge is 2.30. The van der Waals surface area contributed by atoms with E-state index >= 15 is 0 Å². The maximum Gasteiger partial charge on any atom is 0.0830 e. The predicted molar refractivity (Wildman–Crippen MR) is 152 cm³/mol. The first kappa shape index (κ1) is 25.2. The fourth-order valence-corrected chi connectivity index (χ4v) is 5.12. The zero-order chi connectivity index (χ0) is 25.7. The SMILES string of the molecule is C=C(CC(O)c1ccccc1)C1=C(C)C(C(C(=C)c2ccccc2C)C(C)c2ccccc2)=C=C=C1. The molecule has 1 heteroatoms. The van der Waals surface area contributed by atoms with E-state index in [1.807, 2.05) is 36.4 Å². The number of aryl methyl sites for hydroxylation is 1. The van der Waals surface area contributed by atoms with Crippen LogP contribution >= 0.6 is 0 Å². The van der Waals surface area contributed by atoms with Gasteiger partial charge in [0.1, 0.15) is 0 Å². The molecule has 1 N–H and O–H groups in total. The Kier molecular flexibility index (Phi) is 7.89. The van der Waals surface area contributed by atoms with Gasteiger partial charge in [0, 0.05) is 17.9 Å². The van der Waals surface area contributed by atoms with Gasteiger partial charge in [0.25, 0.3) is 0 Å². The van der Waals surface area contributed by atoms with Crippen LogP contribution in [-0.4, -0.2) is 5.11 Å². The summed E-state index contributed by atoms with van der Waals surface area (Å²) in [4.78, 5) is 0. The molecule has 0 aromatic heterocycles. The Hall–Kier alpha value is -3.86. The van der Waals surface area contributed by atoms with E-state index in [1.165, 1.54) is 16.7 Å². The summed E-state index contributed by atoms with van der Waals surface area (Å²) in [6.07, 6.45) is 1.80. The highest BCUT2D eigenvalue weighted by atomic mass is 16.3. The standard InChI is InChI=1S/C35H34O/c1-24-15-12-13-20-31(24)28(5)35(26(3)29-16-8-6-9-17-29)33-22-14-21-32(27(33)4)25(2)23-34(36)30-18-10-7-11-19-30/h6-13,15-21,26,34-36H,2,5,23H2,1,3-4H3.